The van der Waals surface area contributed by atoms with Crippen LogP contribution in [0.25, 0.3) is 10.9 Å². The van der Waals surface area contributed by atoms with Gasteiger partial charge < -0.3 is 14.8 Å². The molecule has 1 aliphatic carbocycles. The lowest BCUT2D eigenvalue weighted by Crippen LogP contribution is -2.64. The highest BCUT2D eigenvalue weighted by molar-refractivity contribution is 5.98. The Kier molecular flexibility index (Phi) is 4.20. The standard InChI is InChI=1S/C26H27N3O2/c1-16-8-2-5-11-18(16)25-24-20(19-12-6-7-13-21(19)27-24)14-22-26(31)28(15-23(30)29(22)25)17-9-3-4-10-17/h2,5-8,11-13,17,22,25,27H,3-4,9-10,14-15H2,1H3. The minimum atomic E-state index is -0.432. The number of benzene rings is 2. The number of piperazine rings is 1. The molecule has 0 radical (unpaired) electrons. The zero-order valence-electron chi connectivity index (χ0n) is 17.8. The molecule has 31 heavy (non-hydrogen) atoms. The van der Waals surface area contributed by atoms with Crippen LogP contribution in [0.2, 0.25) is 0 Å². The summed E-state index contributed by atoms with van der Waals surface area (Å²) in [5, 5.41) is 1.16. The van der Waals surface area contributed by atoms with E-state index in [1.54, 1.807) is 0 Å². The van der Waals surface area contributed by atoms with E-state index in [4.69, 9.17) is 0 Å². The summed E-state index contributed by atoms with van der Waals surface area (Å²) in [4.78, 5) is 34.7. The molecule has 2 fully saturated rings. The molecule has 3 aliphatic rings. The number of aryl methyl sites for hydroxylation is 1. The Hall–Kier alpha value is -3.08. The van der Waals surface area contributed by atoms with Crippen molar-refractivity contribution >= 4 is 22.7 Å². The minimum absolute atomic E-state index is 0.0639. The summed E-state index contributed by atoms with van der Waals surface area (Å²) in [6, 6.07) is 16.0. The second kappa shape index (κ2) is 6.98. The Morgan fingerprint density at radius 3 is 2.52 bits per heavy atom. The van der Waals surface area contributed by atoms with Gasteiger partial charge in [0.1, 0.15) is 12.6 Å². The van der Waals surface area contributed by atoms with E-state index in [1.165, 1.54) is 5.56 Å². The number of fused-ring (bicyclic) bond motifs is 4. The quantitative estimate of drug-likeness (QED) is 0.688. The Morgan fingerprint density at radius 2 is 1.71 bits per heavy atom. The molecule has 1 saturated heterocycles. The van der Waals surface area contributed by atoms with Gasteiger partial charge in [0.05, 0.1) is 6.04 Å². The fourth-order valence-electron chi connectivity index (χ4n) is 6.03. The number of carbonyl (C=O) groups excluding carboxylic acids is 2. The first kappa shape index (κ1) is 18.7. The van der Waals surface area contributed by atoms with Gasteiger partial charge in [-0.3, -0.25) is 9.59 Å². The molecule has 2 atom stereocenters. The van der Waals surface area contributed by atoms with E-state index in [2.05, 4.69) is 36.2 Å². The van der Waals surface area contributed by atoms with Crippen molar-refractivity contribution in [2.75, 3.05) is 6.54 Å². The third kappa shape index (κ3) is 2.75. The van der Waals surface area contributed by atoms with Crippen LogP contribution in [0.15, 0.2) is 48.5 Å². The molecule has 3 aromatic rings. The number of para-hydroxylation sites is 1. The monoisotopic (exact) mass is 413 g/mol. The summed E-state index contributed by atoms with van der Waals surface area (Å²) >= 11 is 0. The van der Waals surface area contributed by atoms with Crippen molar-refractivity contribution < 1.29 is 9.59 Å². The SMILES string of the molecule is Cc1ccccc1C1c2[nH]c3ccccc3c2CC2C(=O)N(C3CCCC3)CC(=O)N21. The Morgan fingerprint density at radius 1 is 0.968 bits per heavy atom. The highest BCUT2D eigenvalue weighted by Crippen LogP contribution is 2.44. The zero-order chi connectivity index (χ0) is 21.1. The topological polar surface area (TPSA) is 56.4 Å². The van der Waals surface area contributed by atoms with Crippen LogP contribution >= 0.6 is 0 Å². The number of nitrogens with one attached hydrogen (secondary N) is 1. The minimum Gasteiger partial charge on any atom is -0.356 e. The van der Waals surface area contributed by atoms with Crippen LogP contribution in [0.4, 0.5) is 0 Å². The van der Waals surface area contributed by atoms with Crippen molar-refractivity contribution in [2.24, 2.45) is 0 Å². The predicted octanol–water partition coefficient (Wildman–Crippen LogP) is 4.10. The summed E-state index contributed by atoms with van der Waals surface area (Å²) in [6.07, 6.45) is 4.91. The van der Waals surface area contributed by atoms with Crippen LogP contribution in [0.5, 0.6) is 0 Å². The Balaban J connectivity index is 1.53. The van der Waals surface area contributed by atoms with E-state index in [1.807, 2.05) is 34.1 Å². The largest absolute Gasteiger partial charge is 0.356 e. The molecule has 2 unspecified atom stereocenters. The van der Waals surface area contributed by atoms with Gasteiger partial charge in [-0.2, -0.15) is 0 Å². The second-order valence-corrected chi connectivity index (χ2v) is 9.25. The van der Waals surface area contributed by atoms with Crippen molar-refractivity contribution in [1.82, 2.24) is 14.8 Å². The summed E-state index contributed by atoms with van der Waals surface area (Å²) in [6.45, 7) is 2.29. The molecule has 158 valence electrons. The van der Waals surface area contributed by atoms with Crippen molar-refractivity contribution in [2.45, 2.75) is 57.2 Å². The average molecular weight is 414 g/mol. The zero-order valence-corrected chi connectivity index (χ0v) is 17.8. The van der Waals surface area contributed by atoms with E-state index in [0.717, 1.165) is 53.4 Å². The third-order valence-electron chi connectivity index (χ3n) is 7.54. The first-order valence-corrected chi connectivity index (χ1v) is 11.4. The van der Waals surface area contributed by atoms with Gasteiger partial charge in [0.15, 0.2) is 0 Å². The molecular formula is C26H27N3O2. The van der Waals surface area contributed by atoms with E-state index >= 15 is 0 Å². The van der Waals surface area contributed by atoms with Crippen LogP contribution in [-0.2, 0) is 16.0 Å². The summed E-state index contributed by atoms with van der Waals surface area (Å²) < 4.78 is 0. The number of nitrogens with zero attached hydrogens (tertiary/aromatic N) is 2. The van der Waals surface area contributed by atoms with E-state index in [0.29, 0.717) is 6.42 Å². The van der Waals surface area contributed by atoms with Crippen LogP contribution in [0, 0.1) is 6.92 Å². The molecule has 5 nitrogen and oxygen atoms in total. The van der Waals surface area contributed by atoms with Crippen LogP contribution in [0.1, 0.15) is 54.1 Å². The molecule has 5 heteroatoms. The molecule has 2 aliphatic heterocycles. The number of carbonyl (C=O) groups is 2. The molecule has 2 amide bonds. The number of hydrogen-bond donors (Lipinski definition) is 1. The lowest BCUT2D eigenvalue weighted by atomic mass is 9.84. The summed E-state index contributed by atoms with van der Waals surface area (Å²) in [5.74, 6) is 0.190. The Labute approximate surface area is 182 Å². The molecule has 0 bridgehead atoms. The predicted molar refractivity (Wildman–Crippen MR) is 120 cm³/mol. The molecular weight excluding hydrogens is 386 g/mol. The number of rotatable bonds is 2. The van der Waals surface area contributed by atoms with E-state index in [9.17, 15) is 9.59 Å². The molecule has 1 saturated carbocycles. The van der Waals surface area contributed by atoms with Gasteiger partial charge in [-0.25, -0.2) is 0 Å². The second-order valence-electron chi connectivity index (χ2n) is 9.25. The van der Waals surface area contributed by atoms with Gasteiger partial charge in [-0.1, -0.05) is 55.3 Å². The number of aromatic nitrogens is 1. The number of hydrogen-bond acceptors (Lipinski definition) is 2. The summed E-state index contributed by atoms with van der Waals surface area (Å²) in [7, 11) is 0. The lowest BCUT2D eigenvalue weighted by molar-refractivity contribution is -0.160. The third-order valence-corrected chi connectivity index (χ3v) is 7.54. The number of H-pyrrole nitrogens is 1. The summed E-state index contributed by atoms with van der Waals surface area (Å²) in [5.41, 5.74) is 5.53. The first-order valence-electron chi connectivity index (χ1n) is 11.4. The molecule has 3 heterocycles. The number of amides is 2. The molecule has 2 aromatic carbocycles. The fraction of sp³-hybridized carbons (Fsp3) is 0.385. The van der Waals surface area contributed by atoms with Crippen LogP contribution < -0.4 is 0 Å². The van der Waals surface area contributed by atoms with Crippen molar-refractivity contribution in [3.8, 4) is 0 Å². The Bertz CT molecular complexity index is 1190. The molecule has 0 spiro atoms. The van der Waals surface area contributed by atoms with Gasteiger partial charge in [0, 0.05) is 29.1 Å². The van der Waals surface area contributed by atoms with E-state index in [-0.39, 0.29) is 30.4 Å². The van der Waals surface area contributed by atoms with Crippen LogP contribution in [-0.4, -0.2) is 45.2 Å². The molecule has 1 aromatic heterocycles. The van der Waals surface area contributed by atoms with Crippen molar-refractivity contribution in [3.63, 3.8) is 0 Å². The first-order chi connectivity index (χ1) is 15.1. The molecule has 6 rings (SSSR count). The van der Waals surface area contributed by atoms with Crippen molar-refractivity contribution in [1.29, 1.82) is 0 Å². The maximum absolute atomic E-state index is 13.7. The fourth-order valence-corrected chi connectivity index (χ4v) is 6.03. The van der Waals surface area contributed by atoms with Gasteiger partial charge in [-0.15, -0.1) is 0 Å². The highest BCUT2D eigenvalue weighted by atomic mass is 16.2. The van der Waals surface area contributed by atoms with Gasteiger partial charge in [0.2, 0.25) is 11.8 Å². The maximum Gasteiger partial charge on any atom is 0.246 e. The lowest BCUT2D eigenvalue weighted by Gasteiger charge is -2.48. The smallest absolute Gasteiger partial charge is 0.246 e. The van der Waals surface area contributed by atoms with Crippen LogP contribution in [0.3, 0.4) is 0 Å². The van der Waals surface area contributed by atoms with Gasteiger partial charge in [-0.05, 0) is 42.5 Å². The van der Waals surface area contributed by atoms with Gasteiger partial charge in [0.25, 0.3) is 0 Å². The average Bonchev–Trinajstić information content (AvgIpc) is 3.43. The van der Waals surface area contributed by atoms with Crippen molar-refractivity contribution in [3.05, 3.63) is 70.9 Å². The maximum atomic E-state index is 13.7. The van der Waals surface area contributed by atoms with E-state index < -0.39 is 6.04 Å². The van der Waals surface area contributed by atoms with Gasteiger partial charge >= 0.3 is 0 Å². The highest BCUT2D eigenvalue weighted by Gasteiger charge is 2.49. The normalized spacial score (nSPS) is 24.0. The molecule has 1 N–H and O–H groups in total. The number of aromatic amines is 1.